The third-order valence-corrected chi connectivity index (χ3v) is 5.26. The maximum Gasteiger partial charge on any atom is 0.236 e. The molecule has 1 saturated heterocycles. The monoisotopic (exact) mass is 361 g/mol. The van der Waals surface area contributed by atoms with Gasteiger partial charge in [0.15, 0.2) is 11.0 Å². The van der Waals surface area contributed by atoms with E-state index in [1.165, 1.54) is 11.8 Å². The van der Waals surface area contributed by atoms with Crippen molar-refractivity contribution in [3.8, 4) is 11.4 Å². The van der Waals surface area contributed by atoms with Gasteiger partial charge in [0.2, 0.25) is 5.91 Å². The first-order valence-corrected chi connectivity index (χ1v) is 9.24. The summed E-state index contributed by atoms with van der Waals surface area (Å²) in [5, 5.41) is 9.00. The number of carbonyl (C=O) groups excluding carboxylic acids is 1. The van der Waals surface area contributed by atoms with E-state index < -0.39 is 0 Å². The van der Waals surface area contributed by atoms with E-state index in [-0.39, 0.29) is 23.4 Å². The zero-order chi connectivity index (χ0) is 18.0. The topological polar surface area (TPSA) is 73.1 Å². The Balaban J connectivity index is 1.70. The van der Waals surface area contributed by atoms with Gasteiger partial charge in [0.05, 0.1) is 17.5 Å². The van der Waals surface area contributed by atoms with Gasteiger partial charge in [-0.05, 0) is 32.9 Å². The number of nitrogens with zero attached hydrogens (tertiary/aromatic N) is 5. The first-order chi connectivity index (χ1) is 12.0. The van der Waals surface area contributed by atoms with Crippen molar-refractivity contribution in [1.82, 2.24) is 24.6 Å². The van der Waals surface area contributed by atoms with Crippen LogP contribution in [0.2, 0.25) is 0 Å². The molecule has 2 aromatic rings. The summed E-state index contributed by atoms with van der Waals surface area (Å²) >= 11 is 1.43. The Labute approximate surface area is 151 Å². The molecule has 1 amide bonds. The summed E-state index contributed by atoms with van der Waals surface area (Å²) in [6.07, 6.45) is 3.59. The number of carbonyl (C=O) groups is 1. The fraction of sp³-hybridized carbons (Fsp3) is 0.529. The third-order valence-electron chi connectivity index (χ3n) is 4.13. The van der Waals surface area contributed by atoms with Crippen LogP contribution in [-0.2, 0) is 16.6 Å². The van der Waals surface area contributed by atoms with Crippen LogP contribution in [0.5, 0.6) is 0 Å². The van der Waals surface area contributed by atoms with E-state index in [1.54, 1.807) is 12.4 Å². The zero-order valence-electron chi connectivity index (χ0n) is 14.9. The first-order valence-electron chi connectivity index (χ1n) is 8.36. The smallest absolute Gasteiger partial charge is 0.236 e. The van der Waals surface area contributed by atoms with Crippen molar-refractivity contribution in [3.63, 3.8) is 0 Å². The number of aromatic nitrogens is 4. The molecule has 3 rings (SSSR count). The molecule has 134 valence electrons. The van der Waals surface area contributed by atoms with Gasteiger partial charge in [-0.3, -0.25) is 9.78 Å². The van der Waals surface area contributed by atoms with Gasteiger partial charge in [-0.1, -0.05) is 11.8 Å². The first kappa shape index (κ1) is 17.9. The molecule has 0 radical (unpaired) electrons. The second-order valence-electron chi connectivity index (χ2n) is 6.36. The van der Waals surface area contributed by atoms with Crippen LogP contribution in [0.25, 0.3) is 11.4 Å². The van der Waals surface area contributed by atoms with Gasteiger partial charge in [0.1, 0.15) is 0 Å². The second kappa shape index (κ2) is 7.53. The predicted octanol–water partition coefficient (Wildman–Crippen LogP) is 1.99. The Bertz CT molecular complexity index is 726. The van der Waals surface area contributed by atoms with Crippen molar-refractivity contribution in [2.24, 2.45) is 7.05 Å². The summed E-state index contributed by atoms with van der Waals surface area (Å²) < 4.78 is 7.61. The average molecular weight is 361 g/mol. The van der Waals surface area contributed by atoms with Gasteiger partial charge in [0, 0.05) is 38.1 Å². The number of hydrogen-bond acceptors (Lipinski definition) is 6. The Morgan fingerprint density at radius 1 is 1.24 bits per heavy atom. The highest BCUT2D eigenvalue weighted by Gasteiger charge is 2.30. The molecule has 1 aliphatic heterocycles. The van der Waals surface area contributed by atoms with E-state index in [2.05, 4.69) is 15.2 Å². The van der Waals surface area contributed by atoms with E-state index in [4.69, 9.17) is 4.74 Å². The molecule has 0 saturated carbocycles. The average Bonchev–Trinajstić information content (AvgIpc) is 2.94. The molecule has 25 heavy (non-hydrogen) atoms. The molecular weight excluding hydrogens is 338 g/mol. The Morgan fingerprint density at radius 2 is 1.88 bits per heavy atom. The largest absolute Gasteiger partial charge is 0.372 e. The van der Waals surface area contributed by atoms with Gasteiger partial charge in [0.25, 0.3) is 0 Å². The summed E-state index contributed by atoms with van der Waals surface area (Å²) in [5.74, 6) is 0.874. The predicted molar refractivity (Wildman–Crippen MR) is 96.1 cm³/mol. The van der Waals surface area contributed by atoms with Crippen molar-refractivity contribution in [1.29, 1.82) is 0 Å². The van der Waals surface area contributed by atoms with Crippen LogP contribution in [0.4, 0.5) is 0 Å². The molecule has 3 heterocycles. The molecule has 0 spiro atoms. The molecule has 0 unspecified atom stereocenters. The van der Waals surface area contributed by atoms with E-state index in [1.807, 2.05) is 49.4 Å². The van der Waals surface area contributed by atoms with Crippen LogP contribution in [0.3, 0.4) is 0 Å². The summed E-state index contributed by atoms with van der Waals surface area (Å²) in [6.45, 7) is 7.18. The number of rotatable bonds is 4. The van der Waals surface area contributed by atoms with E-state index >= 15 is 0 Å². The minimum atomic E-state index is -0.231. The molecular formula is C17H23N5O2S. The van der Waals surface area contributed by atoms with E-state index in [9.17, 15) is 4.79 Å². The summed E-state index contributed by atoms with van der Waals surface area (Å²) in [4.78, 5) is 18.7. The summed E-state index contributed by atoms with van der Waals surface area (Å²) in [7, 11) is 1.91. The molecule has 2 aromatic heterocycles. The number of ether oxygens (including phenoxy) is 1. The van der Waals surface area contributed by atoms with Gasteiger partial charge in [-0.2, -0.15) is 0 Å². The molecule has 7 nitrogen and oxygen atoms in total. The Kier molecular flexibility index (Phi) is 5.39. The lowest BCUT2D eigenvalue weighted by Gasteiger charge is -2.36. The van der Waals surface area contributed by atoms with Crippen LogP contribution >= 0.6 is 11.8 Å². The van der Waals surface area contributed by atoms with Crippen molar-refractivity contribution in [3.05, 3.63) is 24.5 Å². The molecule has 0 N–H and O–H groups in total. The lowest BCUT2D eigenvalue weighted by atomic mass is 10.2. The highest BCUT2D eigenvalue weighted by atomic mass is 32.2. The molecule has 0 aromatic carbocycles. The zero-order valence-corrected chi connectivity index (χ0v) is 15.7. The summed E-state index contributed by atoms with van der Waals surface area (Å²) in [5.41, 5.74) is 0.951. The summed E-state index contributed by atoms with van der Waals surface area (Å²) in [6, 6.07) is 3.78. The van der Waals surface area contributed by atoms with Crippen molar-refractivity contribution < 1.29 is 9.53 Å². The minimum absolute atomic E-state index is 0.0676. The van der Waals surface area contributed by atoms with Crippen molar-refractivity contribution in [2.45, 2.75) is 43.4 Å². The van der Waals surface area contributed by atoms with E-state index in [0.29, 0.717) is 13.1 Å². The normalized spacial score (nSPS) is 22.0. The molecule has 3 atom stereocenters. The quantitative estimate of drug-likeness (QED) is 0.776. The Hall–Kier alpha value is -1.93. The van der Waals surface area contributed by atoms with Crippen LogP contribution in [-0.4, -0.2) is 61.1 Å². The second-order valence-corrected chi connectivity index (χ2v) is 7.67. The van der Waals surface area contributed by atoms with Crippen LogP contribution < -0.4 is 0 Å². The highest BCUT2D eigenvalue weighted by Crippen LogP contribution is 2.27. The number of hydrogen-bond donors (Lipinski definition) is 0. The molecule has 8 heteroatoms. The van der Waals surface area contributed by atoms with Crippen LogP contribution in [0.1, 0.15) is 20.8 Å². The molecule has 1 aliphatic rings. The fourth-order valence-corrected chi connectivity index (χ4v) is 3.89. The number of thioether (sulfide) groups is 1. The fourth-order valence-electron chi connectivity index (χ4n) is 2.99. The van der Waals surface area contributed by atoms with E-state index in [0.717, 1.165) is 16.5 Å². The van der Waals surface area contributed by atoms with Crippen molar-refractivity contribution in [2.75, 3.05) is 13.1 Å². The number of morpholine rings is 1. The van der Waals surface area contributed by atoms with Crippen molar-refractivity contribution >= 4 is 17.7 Å². The molecule has 0 aliphatic carbocycles. The Morgan fingerprint density at radius 3 is 2.52 bits per heavy atom. The molecule has 1 fully saturated rings. The van der Waals surface area contributed by atoms with Crippen LogP contribution in [0, 0.1) is 0 Å². The molecule has 0 bridgehead atoms. The maximum atomic E-state index is 12.8. The van der Waals surface area contributed by atoms with Gasteiger partial charge in [-0.25, -0.2) is 0 Å². The lowest BCUT2D eigenvalue weighted by molar-refractivity contribution is -0.142. The number of amides is 1. The van der Waals surface area contributed by atoms with Gasteiger partial charge >= 0.3 is 0 Å². The maximum absolute atomic E-state index is 12.8. The van der Waals surface area contributed by atoms with Crippen LogP contribution in [0.15, 0.2) is 29.7 Å². The lowest BCUT2D eigenvalue weighted by Crippen LogP contribution is -2.50. The minimum Gasteiger partial charge on any atom is -0.372 e. The van der Waals surface area contributed by atoms with Gasteiger partial charge in [-0.15, -0.1) is 10.2 Å². The SMILES string of the molecule is C[C@@H]1CN(C(=O)[C@H](C)Sc2nnc(-c3ccncc3)n2C)C[C@@H](C)O1. The van der Waals surface area contributed by atoms with Gasteiger partial charge < -0.3 is 14.2 Å². The third kappa shape index (κ3) is 4.01. The standard InChI is InChI=1S/C17H23N5O2S/c1-11-9-22(10-12(2)24-11)16(23)13(3)25-17-20-19-15(21(17)4)14-5-7-18-8-6-14/h5-8,11-13H,9-10H2,1-4H3/t11-,12-,13+/m1/s1. The number of pyridine rings is 1. The highest BCUT2D eigenvalue weighted by molar-refractivity contribution is 8.00.